The highest BCUT2D eigenvalue weighted by Gasteiger charge is 1.97. The van der Waals surface area contributed by atoms with E-state index in [1.807, 2.05) is 25.2 Å². The molecule has 0 aliphatic heterocycles. The standard InChI is InChI=1S/C12H13N.C11H11N.CH5NS/c1-13-9-11-7-4-6-10-5-2-3-8-12(10)11;12-8-10-6-3-5-9-4-1-2-7-11(9)10;1-2-3/h2-8,13H,9H2,1H3;1-7H,8,12H2;2-3H,1H3. The number of rotatable bonds is 3. The van der Waals surface area contributed by atoms with Gasteiger partial charge in [-0.25, -0.2) is 0 Å². The lowest BCUT2D eigenvalue weighted by molar-refractivity contribution is 0.824. The minimum Gasteiger partial charge on any atom is -0.326 e. The fourth-order valence-corrected chi connectivity index (χ4v) is 3.11. The number of nitrogens with one attached hydrogen (secondary N) is 2. The summed E-state index contributed by atoms with van der Waals surface area (Å²) < 4.78 is 2.44. The van der Waals surface area contributed by atoms with E-state index in [0.717, 1.165) is 6.54 Å². The second-order valence-electron chi connectivity index (χ2n) is 6.23. The van der Waals surface area contributed by atoms with Crippen LogP contribution in [0, 0.1) is 0 Å². The Hall–Kier alpha value is -2.37. The van der Waals surface area contributed by atoms with Crippen molar-refractivity contribution in [3.8, 4) is 0 Å². The van der Waals surface area contributed by atoms with E-state index in [-0.39, 0.29) is 0 Å². The van der Waals surface area contributed by atoms with Gasteiger partial charge in [0, 0.05) is 13.1 Å². The molecule has 0 aliphatic carbocycles. The summed E-state index contributed by atoms with van der Waals surface area (Å²) >= 11 is 3.54. The van der Waals surface area contributed by atoms with Crippen molar-refractivity contribution in [3.63, 3.8) is 0 Å². The van der Waals surface area contributed by atoms with Crippen LogP contribution in [0.15, 0.2) is 84.9 Å². The van der Waals surface area contributed by atoms with Crippen LogP contribution in [0.25, 0.3) is 21.5 Å². The molecule has 4 aromatic rings. The fourth-order valence-electron chi connectivity index (χ4n) is 3.11. The average molecular weight is 392 g/mol. The van der Waals surface area contributed by atoms with Crippen molar-refractivity contribution in [2.75, 3.05) is 14.1 Å². The Labute approximate surface area is 173 Å². The molecule has 4 N–H and O–H groups in total. The van der Waals surface area contributed by atoms with Crippen molar-refractivity contribution in [3.05, 3.63) is 96.1 Å². The second kappa shape index (κ2) is 12.2. The van der Waals surface area contributed by atoms with E-state index < -0.39 is 0 Å². The van der Waals surface area contributed by atoms with Crippen LogP contribution in [-0.4, -0.2) is 14.1 Å². The van der Waals surface area contributed by atoms with Crippen molar-refractivity contribution in [2.45, 2.75) is 13.1 Å². The van der Waals surface area contributed by atoms with E-state index in [1.54, 1.807) is 7.05 Å². The molecule has 4 rings (SSSR count). The first-order valence-electron chi connectivity index (χ1n) is 9.34. The summed E-state index contributed by atoms with van der Waals surface area (Å²) in [6.45, 7) is 1.54. The monoisotopic (exact) mass is 391 g/mol. The van der Waals surface area contributed by atoms with Crippen LogP contribution in [0.2, 0.25) is 0 Å². The first-order valence-corrected chi connectivity index (χ1v) is 9.78. The molecule has 0 aliphatic rings. The summed E-state index contributed by atoms with van der Waals surface area (Å²) in [6, 6.07) is 29.4. The largest absolute Gasteiger partial charge is 0.326 e. The normalized spacial score (nSPS) is 10.0. The number of thiol groups is 1. The Bertz CT molecular complexity index is 975. The molecule has 0 atom stereocenters. The molecule has 146 valence electrons. The fraction of sp³-hybridized carbons (Fsp3) is 0.167. The molecule has 4 aromatic carbocycles. The van der Waals surface area contributed by atoms with Crippen LogP contribution in [-0.2, 0) is 13.1 Å². The molecule has 0 unspecified atom stereocenters. The first kappa shape index (κ1) is 21.9. The third-order valence-corrected chi connectivity index (χ3v) is 4.35. The van der Waals surface area contributed by atoms with Gasteiger partial charge in [0.1, 0.15) is 0 Å². The summed E-state index contributed by atoms with van der Waals surface area (Å²) in [6.07, 6.45) is 0. The molecule has 0 bridgehead atoms. The van der Waals surface area contributed by atoms with Gasteiger partial charge >= 0.3 is 0 Å². The third kappa shape index (κ3) is 6.08. The van der Waals surface area contributed by atoms with E-state index in [2.05, 4.69) is 89.6 Å². The van der Waals surface area contributed by atoms with Gasteiger partial charge in [-0.3, -0.25) is 4.72 Å². The zero-order valence-electron chi connectivity index (χ0n) is 16.5. The zero-order valence-corrected chi connectivity index (χ0v) is 17.4. The molecule has 0 aromatic heterocycles. The Balaban J connectivity index is 0.000000176. The topological polar surface area (TPSA) is 50.1 Å². The van der Waals surface area contributed by atoms with E-state index >= 15 is 0 Å². The van der Waals surface area contributed by atoms with Gasteiger partial charge in [0.15, 0.2) is 0 Å². The smallest absolute Gasteiger partial charge is 0.0208 e. The predicted octanol–water partition coefficient (Wildman–Crippen LogP) is 4.91. The van der Waals surface area contributed by atoms with E-state index in [0.29, 0.717) is 6.54 Å². The van der Waals surface area contributed by atoms with Gasteiger partial charge in [-0.1, -0.05) is 97.7 Å². The third-order valence-electron chi connectivity index (χ3n) is 4.35. The molecule has 0 saturated carbocycles. The number of benzene rings is 4. The molecule has 28 heavy (non-hydrogen) atoms. The van der Waals surface area contributed by atoms with E-state index in [4.69, 9.17) is 5.73 Å². The van der Waals surface area contributed by atoms with Gasteiger partial charge in [0.2, 0.25) is 0 Å². The Morgan fingerprint density at radius 3 is 1.61 bits per heavy atom. The van der Waals surface area contributed by atoms with Gasteiger partial charge in [0.25, 0.3) is 0 Å². The lowest BCUT2D eigenvalue weighted by Crippen LogP contribution is -2.05. The summed E-state index contributed by atoms with van der Waals surface area (Å²) in [5, 5.41) is 8.37. The van der Waals surface area contributed by atoms with Crippen molar-refractivity contribution in [2.24, 2.45) is 5.73 Å². The summed E-state index contributed by atoms with van der Waals surface area (Å²) in [5.41, 5.74) is 8.19. The highest BCUT2D eigenvalue weighted by molar-refractivity contribution is 7.78. The highest BCUT2D eigenvalue weighted by atomic mass is 32.1. The Morgan fingerprint density at radius 1 is 0.679 bits per heavy atom. The molecule has 0 spiro atoms. The lowest BCUT2D eigenvalue weighted by atomic mass is 10.0. The van der Waals surface area contributed by atoms with Crippen LogP contribution in [0.1, 0.15) is 11.1 Å². The SMILES string of the molecule is CNCc1cccc2ccccc12.CNS.NCc1cccc2ccccc12. The molecule has 0 amide bonds. The van der Waals surface area contributed by atoms with Crippen LogP contribution < -0.4 is 15.8 Å². The number of hydrogen-bond acceptors (Lipinski definition) is 4. The first-order chi connectivity index (χ1) is 13.7. The highest BCUT2D eigenvalue weighted by Crippen LogP contribution is 2.18. The van der Waals surface area contributed by atoms with E-state index in [9.17, 15) is 0 Å². The van der Waals surface area contributed by atoms with Gasteiger partial charge in [-0.05, 0) is 46.8 Å². The molecule has 0 fully saturated rings. The number of hydrogen-bond donors (Lipinski definition) is 4. The number of fused-ring (bicyclic) bond motifs is 2. The maximum absolute atomic E-state index is 5.62. The molecule has 0 heterocycles. The molecule has 0 radical (unpaired) electrons. The second-order valence-corrected chi connectivity index (χ2v) is 6.68. The Kier molecular flexibility index (Phi) is 9.52. The van der Waals surface area contributed by atoms with E-state index in [1.165, 1.54) is 32.7 Å². The molecule has 0 saturated heterocycles. The minimum atomic E-state index is 0.612. The summed E-state index contributed by atoms with van der Waals surface area (Å²) in [5.74, 6) is 0. The predicted molar refractivity (Wildman–Crippen MR) is 127 cm³/mol. The molecular weight excluding hydrogens is 362 g/mol. The maximum atomic E-state index is 5.62. The van der Waals surface area contributed by atoms with Crippen LogP contribution in [0.4, 0.5) is 0 Å². The van der Waals surface area contributed by atoms with Crippen LogP contribution in [0.5, 0.6) is 0 Å². The molecular formula is C24H29N3S. The van der Waals surface area contributed by atoms with Gasteiger partial charge in [0.05, 0.1) is 0 Å². The van der Waals surface area contributed by atoms with Crippen molar-refractivity contribution in [1.82, 2.24) is 10.0 Å². The average Bonchev–Trinajstić information content (AvgIpc) is 2.75. The van der Waals surface area contributed by atoms with Crippen LogP contribution in [0.3, 0.4) is 0 Å². The van der Waals surface area contributed by atoms with Crippen molar-refractivity contribution in [1.29, 1.82) is 0 Å². The molecule has 3 nitrogen and oxygen atoms in total. The maximum Gasteiger partial charge on any atom is 0.0208 e. The van der Waals surface area contributed by atoms with Gasteiger partial charge in [-0.15, -0.1) is 0 Å². The van der Waals surface area contributed by atoms with Crippen molar-refractivity contribution < 1.29 is 0 Å². The Morgan fingerprint density at radius 2 is 1.11 bits per heavy atom. The number of nitrogens with two attached hydrogens (primary N) is 1. The summed E-state index contributed by atoms with van der Waals surface area (Å²) in [7, 11) is 3.71. The zero-order chi connectivity index (χ0) is 20.2. The minimum absolute atomic E-state index is 0.612. The van der Waals surface area contributed by atoms with Crippen LogP contribution >= 0.6 is 12.8 Å². The quantitative estimate of drug-likeness (QED) is 0.375. The lowest BCUT2D eigenvalue weighted by Gasteiger charge is -2.04. The van der Waals surface area contributed by atoms with Gasteiger partial charge < -0.3 is 11.1 Å². The van der Waals surface area contributed by atoms with Gasteiger partial charge in [-0.2, -0.15) is 0 Å². The summed E-state index contributed by atoms with van der Waals surface area (Å²) in [4.78, 5) is 0. The molecule has 4 heteroatoms. The van der Waals surface area contributed by atoms with Crippen molar-refractivity contribution >= 4 is 34.4 Å².